The second kappa shape index (κ2) is 7.04. The van der Waals surface area contributed by atoms with Crippen LogP contribution in [0.4, 0.5) is 0 Å². The first-order valence-corrected chi connectivity index (χ1v) is 5.76. The van der Waals surface area contributed by atoms with Crippen molar-refractivity contribution < 1.29 is 4.74 Å². The van der Waals surface area contributed by atoms with Crippen LogP contribution in [0.2, 0.25) is 0 Å². The molecule has 1 rings (SSSR count). The van der Waals surface area contributed by atoms with E-state index >= 15 is 0 Å². The number of hydrogen-bond donors (Lipinski definition) is 2. The minimum absolute atomic E-state index is 0.0645. The molecular weight excluding hydrogens is 214 g/mol. The van der Waals surface area contributed by atoms with Crippen molar-refractivity contribution in [2.75, 3.05) is 20.3 Å². The van der Waals surface area contributed by atoms with Crippen LogP contribution in [0, 0.1) is 5.41 Å². The highest BCUT2D eigenvalue weighted by atomic mass is 16.5. The fraction of sp³-hybridized carbons (Fsp3) is 0.462. The lowest BCUT2D eigenvalue weighted by molar-refractivity contribution is 0.136. The first-order valence-electron chi connectivity index (χ1n) is 5.76. The van der Waals surface area contributed by atoms with Gasteiger partial charge in [-0.25, -0.2) is 0 Å². The molecule has 3 N–H and O–H groups in total. The summed E-state index contributed by atoms with van der Waals surface area (Å²) in [6, 6.07) is 10.1. The average Bonchev–Trinajstić information content (AvgIpc) is 2.34. The molecular formula is C13H21N3O. The largest absolute Gasteiger partial charge is 0.386 e. The van der Waals surface area contributed by atoms with E-state index in [0.717, 1.165) is 13.1 Å². The van der Waals surface area contributed by atoms with Crippen molar-refractivity contribution in [3.63, 3.8) is 0 Å². The van der Waals surface area contributed by atoms with Crippen molar-refractivity contribution in [1.82, 2.24) is 4.90 Å². The maximum atomic E-state index is 7.53. The Labute approximate surface area is 103 Å². The molecule has 0 aromatic heterocycles. The molecule has 0 amide bonds. The van der Waals surface area contributed by atoms with Crippen molar-refractivity contribution >= 4 is 5.84 Å². The van der Waals surface area contributed by atoms with Crippen molar-refractivity contribution in [3.8, 4) is 0 Å². The molecule has 0 radical (unpaired) electrons. The Hall–Kier alpha value is -1.39. The van der Waals surface area contributed by atoms with Crippen LogP contribution in [0.25, 0.3) is 0 Å². The zero-order valence-corrected chi connectivity index (χ0v) is 10.5. The van der Waals surface area contributed by atoms with E-state index in [1.54, 1.807) is 7.11 Å². The van der Waals surface area contributed by atoms with E-state index < -0.39 is 0 Å². The summed E-state index contributed by atoms with van der Waals surface area (Å²) >= 11 is 0. The number of nitrogens with two attached hydrogens (primary N) is 1. The molecule has 4 heteroatoms. The lowest BCUT2D eigenvalue weighted by atomic mass is 10.1. The Morgan fingerprint density at radius 2 is 2.06 bits per heavy atom. The molecule has 1 aromatic carbocycles. The highest BCUT2D eigenvalue weighted by Crippen LogP contribution is 2.08. The Balaban J connectivity index is 2.66. The van der Waals surface area contributed by atoms with Gasteiger partial charge in [-0.15, -0.1) is 0 Å². The molecule has 0 aliphatic heterocycles. The fourth-order valence-electron chi connectivity index (χ4n) is 1.63. The monoisotopic (exact) mass is 235 g/mol. The van der Waals surface area contributed by atoms with Crippen LogP contribution in [0.3, 0.4) is 0 Å². The van der Waals surface area contributed by atoms with Gasteiger partial charge in [0.25, 0.3) is 0 Å². The minimum atomic E-state index is -0.0645. The maximum absolute atomic E-state index is 7.53. The van der Waals surface area contributed by atoms with Gasteiger partial charge in [-0.3, -0.25) is 10.3 Å². The third kappa shape index (κ3) is 4.54. The average molecular weight is 235 g/mol. The van der Waals surface area contributed by atoms with Crippen LogP contribution in [-0.4, -0.2) is 37.0 Å². The molecule has 0 heterocycles. The van der Waals surface area contributed by atoms with Gasteiger partial charge in [0.1, 0.15) is 5.84 Å². The van der Waals surface area contributed by atoms with E-state index in [4.69, 9.17) is 15.9 Å². The summed E-state index contributed by atoms with van der Waals surface area (Å²) in [7, 11) is 1.68. The lowest BCUT2D eigenvalue weighted by Crippen LogP contribution is -2.43. The number of ether oxygens (including phenoxy) is 1. The topological polar surface area (TPSA) is 62.3 Å². The number of rotatable bonds is 7. The number of nitrogens with zero attached hydrogens (tertiary/aromatic N) is 1. The van der Waals surface area contributed by atoms with Gasteiger partial charge in [-0.1, -0.05) is 30.3 Å². The third-order valence-corrected chi connectivity index (χ3v) is 2.81. The summed E-state index contributed by atoms with van der Waals surface area (Å²) in [6.45, 7) is 4.14. The number of amidine groups is 1. The van der Waals surface area contributed by atoms with Crippen LogP contribution < -0.4 is 5.73 Å². The number of methoxy groups -OCH3 is 1. The highest BCUT2D eigenvalue weighted by Gasteiger charge is 2.16. The van der Waals surface area contributed by atoms with Gasteiger partial charge < -0.3 is 10.5 Å². The summed E-state index contributed by atoms with van der Waals surface area (Å²) in [5.74, 6) is 0.192. The molecule has 17 heavy (non-hydrogen) atoms. The van der Waals surface area contributed by atoms with Crippen LogP contribution >= 0.6 is 0 Å². The normalized spacial score (nSPS) is 12.6. The van der Waals surface area contributed by atoms with Gasteiger partial charge in [0.15, 0.2) is 0 Å². The van der Waals surface area contributed by atoms with Crippen molar-refractivity contribution in [3.05, 3.63) is 35.9 Å². The minimum Gasteiger partial charge on any atom is -0.386 e. The molecule has 0 saturated carbocycles. The lowest BCUT2D eigenvalue weighted by Gasteiger charge is -2.28. The third-order valence-electron chi connectivity index (χ3n) is 2.81. The highest BCUT2D eigenvalue weighted by molar-refractivity contribution is 5.82. The summed E-state index contributed by atoms with van der Waals surface area (Å²) in [5, 5.41) is 7.53. The summed E-state index contributed by atoms with van der Waals surface area (Å²) < 4.78 is 5.09. The van der Waals surface area contributed by atoms with Gasteiger partial charge in [0, 0.05) is 20.2 Å². The van der Waals surface area contributed by atoms with Gasteiger partial charge in [-0.2, -0.15) is 0 Å². The molecule has 1 aromatic rings. The maximum Gasteiger partial charge on any atom is 0.108 e. The van der Waals surface area contributed by atoms with E-state index in [1.165, 1.54) is 5.56 Å². The summed E-state index contributed by atoms with van der Waals surface area (Å²) in [6.07, 6.45) is 0. The first kappa shape index (κ1) is 13.7. The molecule has 0 spiro atoms. The van der Waals surface area contributed by atoms with E-state index in [9.17, 15) is 0 Å². The zero-order valence-electron chi connectivity index (χ0n) is 10.5. The first-order chi connectivity index (χ1) is 8.15. The smallest absolute Gasteiger partial charge is 0.108 e. The Morgan fingerprint density at radius 1 is 1.41 bits per heavy atom. The van der Waals surface area contributed by atoms with Gasteiger partial charge >= 0.3 is 0 Å². The van der Waals surface area contributed by atoms with E-state index in [-0.39, 0.29) is 11.9 Å². The van der Waals surface area contributed by atoms with Crippen LogP contribution in [0.15, 0.2) is 30.3 Å². The Morgan fingerprint density at radius 3 is 2.59 bits per heavy atom. The van der Waals surface area contributed by atoms with Crippen molar-refractivity contribution in [2.45, 2.75) is 19.5 Å². The van der Waals surface area contributed by atoms with Crippen LogP contribution in [0.5, 0.6) is 0 Å². The summed E-state index contributed by atoms with van der Waals surface area (Å²) in [4.78, 5) is 2.14. The number of nitrogens with one attached hydrogen (secondary N) is 1. The molecule has 4 nitrogen and oxygen atoms in total. The molecule has 94 valence electrons. The molecule has 0 aliphatic carbocycles. The Kier molecular flexibility index (Phi) is 5.66. The molecule has 0 saturated heterocycles. The van der Waals surface area contributed by atoms with Crippen molar-refractivity contribution in [1.29, 1.82) is 5.41 Å². The molecule has 0 bridgehead atoms. The predicted octanol–water partition coefficient (Wildman–Crippen LogP) is 1.46. The van der Waals surface area contributed by atoms with E-state index in [0.29, 0.717) is 6.61 Å². The Bertz CT molecular complexity index is 340. The standard InChI is InChI=1S/C13H21N3O/c1-11(13(14)15)16(8-9-17-2)10-12-6-4-3-5-7-12/h3-7,11H,8-10H2,1-2H3,(H3,14,15). The van der Waals surface area contributed by atoms with Crippen LogP contribution in [-0.2, 0) is 11.3 Å². The molecule has 0 fully saturated rings. The number of hydrogen-bond acceptors (Lipinski definition) is 3. The summed E-state index contributed by atoms with van der Waals surface area (Å²) in [5.41, 5.74) is 6.78. The zero-order chi connectivity index (χ0) is 12.7. The van der Waals surface area contributed by atoms with E-state index in [2.05, 4.69) is 17.0 Å². The SMILES string of the molecule is COCCN(Cc1ccccc1)C(C)C(=N)N. The second-order valence-electron chi connectivity index (χ2n) is 4.08. The molecule has 1 atom stereocenters. The molecule has 1 unspecified atom stereocenters. The fourth-order valence-corrected chi connectivity index (χ4v) is 1.63. The van der Waals surface area contributed by atoms with Crippen molar-refractivity contribution in [2.24, 2.45) is 5.73 Å². The second-order valence-corrected chi connectivity index (χ2v) is 4.08. The predicted molar refractivity (Wildman–Crippen MR) is 70.1 cm³/mol. The van der Waals surface area contributed by atoms with Gasteiger partial charge in [-0.05, 0) is 12.5 Å². The number of benzene rings is 1. The van der Waals surface area contributed by atoms with Gasteiger partial charge in [0.05, 0.1) is 12.6 Å². The van der Waals surface area contributed by atoms with E-state index in [1.807, 2.05) is 25.1 Å². The quantitative estimate of drug-likeness (QED) is 0.555. The van der Waals surface area contributed by atoms with Gasteiger partial charge in [0.2, 0.25) is 0 Å². The van der Waals surface area contributed by atoms with Crippen LogP contribution in [0.1, 0.15) is 12.5 Å². The molecule has 0 aliphatic rings.